The largest absolute Gasteiger partial charge is 0.444 e. The molecule has 2 heteroatoms. The fourth-order valence-electron chi connectivity index (χ4n) is 0.831. The van der Waals surface area contributed by atoms with Gasteiger partial charge in [-0.1, -0.05) is 13.0 Å². The van der Waals surface area contributed by atoms with Gasteiger partial charge in [-0.3, -0.25) is 0 Å². The van der Waals surface area contributed by atoms with Gasteiger partial charge in [0.05, 0.1) is 5.69 Å². The summed E-state index contributed by atoms with van der Waals surface area (Å²) in [6, 6.07) is 0. The molecule has 0 bridgehead atoms. The number of oxazole rings is 1. The van der Waals surface area contributed by atoms with Crippen molar-refractivity contribution in [2.45, 2.75) is 20.3 Å². The van der Waals surface area contributed by atoms with Crippen LogP contribution in [0.25, 0.3) is 6.08 Å². The normalized spacial score (nSPS) is 11.0. The minimum Gasteiger partial charge on any atom is -0.444 e. The van der Waals surface area contributed by atoms with Gasteiger partial charge in [0.1, 0.15) is 5.76 Å². The molecule has 2 nitrogen and oxygen atoms in total. The van der Waals surface area contributed by atoms with Gasteiger partial charge in [0.25, 0.3) is 0 Å². The van der Waals surface area contributed by atoms with E-state index in [4.69, 9.17) is 4.42 Å². The van der Waals surface area contributed by atoms with Gasteiger partial charge >= 0.3 is 0 Å². The molecule has 10 heavy (non-hydrogen) atoms. The van der Waals surface area contributed by atoms with Crippen LogP contribution in [0.1, 0.15) is 25.3 Å². The molecular weight excluding hydrogens is 126 g/mol. The number of aromatic nitrogens is 1. The fourth-order valence-corrected chi connectivity index (χ4v) is 0.831. The predicted molar refractivity (Wildman–Crippen MR) is 40.6 cm³/mol. The van der Waals surface area contributed by atoms with Gasteiger partial charge in [-0.25, -0.2) is 4.98 Å². The summed E-state index contributed by atoms with van der Waals surface area (Å²) in [5.74, 6) is 0.880. The molecule has 0 aliphatic rings. The Morgan fingerprint density at radius 2 is 2.50 bits per heavy atom. The molecule has 0 saturated heterocycles. The average Bonchev–Trinajstić information content (AvgIpc) is 2.36. The number of hydrogen-bond donors (Lipinski definition) is 0. The standard InChI is InChI=1S/C8H11NO/c1-3-5-8-7(4-2)9-6-10-8/h3,5-6H,4H2,1-2H3. The maximum absolute atomic E-state index is 5.10. The van der Waals surface area contributed by atoms with E-state index in [2.05, 4.69) is 11.9 Å². The lowest BCUT2D eigenvalue weighted by Gasteiger charge is -1.87. The summed E-state index contributed by atoms with van der Waals surface area (Å²) in [6.07, 6.45) is 6.27. The van der Waals surface area contributed by atoms with E-state index >= 15 is 0 Å². The Morgan fingerprint density at radius 1 is 1.70 bits per heavy atom. The Balaban J connectivity index is 2.90. The molecule has 0 aliphatic heterocycles. The van der Waals surface area contributed by atoms with Gasteiger partial charge in [0.2, 0.25) is 0 Å². The third-order valence-electron chi connectivity index (χ3n) is 1.33. The lowest BCUT2D eigenvalue weighted by atomic mass is 10.3. The molecule has 0 spiro atoms. The van der Waals surface area contributed by atoms with Gasteiger partial charge in [-0.05, 0) is 19.4 Å². The number of allylic oxidation sites excluding steroid dienone is 1. The zero-order valence-electron chi connectivity index (χ0n) is 6.29. The third kappa shape index (κ3) is 1.26. The molecule has 0 saturated carbocycles. The van der Waals surface area contributed by atoms with E-state index in [1.54, 1.807) is 0 Å². The van der Waals surface area contributed by atoms with Crippen molar-refractivity contribution in [1.29, 1.82) is 0 Å². The van der Waals surface area contributed by atoms with E-state index in [1.807, 2.05) is 19.1 Å². The van der Waals surface area contributed by atoms with Crippen LogP contribution >= 0.6 is 0 Å². The Hall–Kier alpha value is -1.05. The number of rotatable bonds is 2. The second kappa shape index (κ2) is 3.20. The summed E-state index contributed by atoms with van der Waals surface area (Å²) in [4.78, 5) is 4.04. The summed E-state index contributed by atoms with van der Waals surface area (Å²) in [5.41, 5.74) is 1.03. The number of aryl methyl sites for hydroxylation is 1. The van der Waals surface area contributed by atoms with Crippen LogP contribution in [-0.2, 0) is 6.42 Å². The van der Waals surface area contributed by atoms with Crippen molar-refractivity contribution < 1.29 is 4.42 Å². The zero-order chi connectivity index (χ0) is 7.40. The van der Waals surface area contributed by atoms with Gasteiger partial charge < -0.3 is 4.42 Å². The van der Waals surface area contributed by atoms with Crippen LogP contribution in [0.2, 0.25) is 0 Å². The van der Waals surface area contributed by atoms with Gasteiger partial charge in [0.15, 0.2) is 6.39 Å². The Bertz CT molecular complexity index is 225. The zero-order valence-corrected chi connectivity index (χ0v) is 6.29. The highest BCUT2D eigenvalue weighted by Crippen LogP contribution is 2.08. The number of hydrogen-bond acceptors (Lipinski definition) is 2. The Morgan fingerprint density at radius 3 is 3.10 bits per heavy atom. The summed E-state index contributed by atoms with van der Waals surface area (Å²) < 4.78 is 5.10. The second-order valence-corrected chi connectivity index (χ2v) is 2.02. The first-order chi connectivity index (χ1) is 4.88. The van der Waals surface area contributed by atoms with E-state index in [0.717, 1.165) is 17.9 Å². The first-order valence-electron chi connectivity index (χ1n) is 3.43. The van der Waals surface area contributed by atoms with Crippen LogP contribution in [-0.4, -0.2) is 4.98 Å². The van der Waals surface area contributed by atoms with Crippen molar-refractivity contribution in [3.05, 3.63) is 23.9 Å². The van der Waals surface area contributed by atoms with Crippen LogP contribution in [0.5, 0.6) is 0 Å². The molecular formula is C8H11NO. The molecule has 1 aromatic rings. The van der Waals surface area contributed by atoms with Crippen molar-refractivity contribution in [2.75, 3.05) is 0 Å². The molecule has 0 fully saturated rings. The van der Waals surface area contributed by atoms with Gasteiger partial charge in [-0.15, -0.1) is 0 Å². The van der Waals surface area contributed by atoms with Gasteiger partial charge in [-0.2, -0.15) is 0 Å². The first kappa shape index (κ1) is 7.06. The smallest absolute Gasteiger partial charge is 0.181 e. The van der Waals surface area contributed by atoms with Crippen molar-refractivity contribution >= 4 is 6.08 Å². The van der Waals surface area contributed by atoms with Crippen LogP contribution < -0.4 is 0 Å². The molecule has 1 heterocycles. The maximum Gasteiger partial charge on any atom is 0.181 e. The number of nitrogens with zero attached hydrogens (tertiary/aromatic N) is 1. The molecule has 54 valence electrons. The molecule has 0 aromatic carbocycles. The Kier molecular flexibility index (Phi) is 2.26. The van der Waals surface area contributed by atoms with Crippen LogP contribution in [0.3, 0.4) is 0 Å². The van der Waals surface area contributed by atoms with Crippen LogP contribution in [0.15, 0.2) is 16.9 Å². The van der Waals surface area contributed by atoms with Crippen molar-refractivity contribution in [2.24, 2.45) is 0 Å². The van der Waals surface area contributed by atoms with Crippen molar-refractivity contribution in [1.82, 2.24) is 4.98 Å². The van der Waals surface area contributed by atoms with E-state index in [0.29, 0.717) is 0 Å². The first-order valence-corrected chi connectivity index (χ1v) is 3.43. The fraction of sp³-hybridized carbons (Fsp3) is 0.375. The minimum atomic E-state index is 0.880. The summed E-state index contributed by atoms with van der Waals surface area (Å²) >= 11 is 0. The highest BCUT2D eigenvalue weighted by atomic mass is 16.3. The molecule has 0 amide bonds. The molecule has 1 rings (SSSR count). The lowest BCUT2D eigenvalue weighted by molar-refractivity contribution is 0.546. The van der Waals surface area contributed by atoms with Gasteiger partial charge in [0, 0.05) is 0 Å². The minimum absolute atomic E-state index is 0.880. The van der Waals surface area contributed by atoms with E-state index in [1.165, 1.54) is 6.39 Å². The van der Waals surface area contributed by atoms with E-state index in [9.17, 15) is 0 Å². The van der Waals surface area contributed by atoms with Crippen LogP contribution in [0, 0.1) is 0 Å². The Labute approximate surface area is 60.6 Å². The molecule has 0 aliphatic carbocycles. The summed E-state index contributed by atoms with van der Waals surface area (Å²) in [6.45, 7) is 4.02. The predicted octanol–water partition coefficient (Wildman–Crippen LogP) is 2.27. The van der Waals surface area contributed by atoms with Crippen molar-refractivity contribution in [3.63, 3.8) is 0 Å². The molecule has 0 atom stereocenters. The van der Waals surface area contributed by atoms with Crippen LogP contribution in [0.4, 0.5) is 0 Å². The maximum atomic E-state index is 5.10. The average molecular weight is 137 g/mol. The molecule has 1 aromatic heterocycles. The highest BCUT2D eigenvalue weighted by Gasteiger charge is 1.99. The summed E-state index contributed by atoms with van der Waals surface area (Å²) in [7, 11) is 0. The monoisotopic (exact) mass is 137 g/mol. The molecule has 0 unspecified atom stereocenters. The van der Waals surface area contributed by atoms with E-state index in [-0.39, 0.29) is 0 Å². The van der Waals surface area contributed by atoms with Crippen molar-refractivity contribution in [3.8, 4) is 0 Å². The molecule has 0 N–H and O–H groups in total. The topological polar surface area (TPSA) is 26.0 Å². The highest BCUT2D eigenvalue weighted by molar-refractivity contribution is 5.44. The summed E-state index contributed by atoms with van der Waals surface area (Å²) in [5, 5.41) is 0. The van der Waals surface area contributed by atoms with E-state index < -0.39 is 0 Å². The SMILES string of the molecule is CC=Cc1ocnc1CC. The second-order valence-electron chi connectivity index (χ2n) is 2.02. The lowest BCUT2D eigenvalue weighted by Crippen LogP contribution is -1.80. The third-order valence-corrected chi connectivity index (χ3v) is 1.33. The molecule has 0 radical (unpaired) electrons. The quantitative estimate of drug-likeness (QED) is 0.625.